The van der Waals surface area contributed by atoms with Gasteiger partial charge in [-0.25, -0.2) is 4.99 Å². The Labute approximate surface area is 161 Å². The highest BCUT2D eigenvalue weighted by Crippen LogP contribution is 2.54. The van der Waals surface area contributed by atoms with E-state index in [9.17, 15) is 0 Å². The quantitative estimate of drug-likeness (QED) is 0.677. The molecule has 3 nitrogen and oxygen atoms in total. The van der Waals surface area contributed by atoms with Crippen molar-refractivity contribution in [2.45, 2.75) is 44.6 Å². The van der Waals surface area contributed by atoms with Gasteiger partial charge in [0, 0.05) is 0 Å². The van der Waals surface area contributed by atoms with Gasteiger partial charge in [0.05, 0.1) is 29.2 Å². The minimum atomic E-state index is -0.467. The lowest BCUT2D eigenvalue weighted by Gasteiger charge is -2.43. The fourth-order valence-electron chi connectivity index (χ4n) is 4.48. The zero-order chi connectivity index (χ0) is 19.2. The maximum Gasteiger partial charge on any atom is 0.195 e. The standard InChI is InChI=1S/C24H27NO2/c1-6-26-16(2)21-19-13-8-7-11-17(19)18-12-9-10-14-20(18)24(21,5)22-25-23(3,4)15-27-22/h7-14,21H,2,6,15H2,1,3-5H3/t21-,24+/m1/s1. The van der Waals surface area contributed by atoms with Crippen LogP contribution in [-0.4, -0.2) is 24.7 Å². The molecule has 1 aliphatic carbocycles. The average molecular weight is 361 g/mol. The van der Waals surface area contributed by atoms with Crippen molar-refractivity contribution in [3.05, 3.63) is 72.0 Å². The molecule has 2 aromatic carbocycles. The van der Waals surface area contributed by atoms with Crippen LogP contribution < -0.4 is 0 Å². The van der Waals surface area contributed by atoms with E-state index < -0.39 is 5.41 Å². The molecule has 0 unspecified atom stereocenters. The van der Waals surface area contributed by atoms with Gasteiger partial charge in [0.1, 0.15) is 6.61 Å². The summed E-state index contributed by atoms with van der Waals surface area (Å²) < 4.78 is 12.1. The van der Waals surface area contributed by atoms with Gasteiger partial charge < -0.3 is 9.47 Å². The minimum absolute atomic E-state index is 0.0591. The Bertz CT molecular complexity index is 927. The Hall–Kier alpha value is -2.55. The van der Waals surface area contributed by atoms with E-state index in [4.69, 9.17) is 14.5 Å². The molecule has 0 bridgehead atoms. The van der Waals surface area contributed by atoms with Gasteiger partial charge >= 0.3 is 0 Å². The molecule has 2 aromatic rings. The third-order valence-corrected chi connectivity index (χ3v) is 5.69. The Morgan fingerprint density at radius 1 is 1.11 bits per heavy atom. The summed E-state index contributed by atoms with van der Waals surface area (Å²) in [6, 6.07) is 17.1. The van der Waals surface area contributed by atoms with Crippen LogP contribution in [0, 0.1) is 0 Å². The first kappa shape index (κ1) is 17.8. The number of aliphatic imine (C=N–C) groups is 1. The summed E-state index contributed by atoms with van der Waals surface area (Å²) in [6.45, 7) is 13.9. The summed E-state index contributed by atoms with van der Waals surface area (Å²) in [5.74, 6) is 1.48. The second-order valence-corrected chi connectivity index (χ2v) is 8.19. The summed E-state index contributed by atoms with van der Waals surface area (Å²) in [7, 11) is 0. The number of ether oxygens (including phenoxy) is 2. The second kappa shape index (κ2) is 6.26. The van der Waals surface area contributed by atoms with Crippen LogP contribution in [0.25, 0.3) is 11.1 Å². The average Bonchev–Trinajstić information content (AvgIpc) is 3.03. The SMILES string of the molecule is C=C(OCC)[C@@H]1c2ccccc2-c2ccccc2[C@]1(C)C1=NC(C)(C)CO1. The molecule has 0 aromatic heterocycles. The predicted molar refractivity (Wildman–Crippen MR) is 110 cm³/mol. The summed E-state index contributed by atoms with van der Waals surface area (Å²) in [6.07, 6.45) is 0. The molecule has 27 heavy (non-hydrogen) atoms. The molecule has 0 spiro atoms. The molecule has 0 saturated carbocycles. The van der Waals surface area contributed by atoms with Crippen molar-refractivity contribution in [3.8, 4) is 11.1 Å². The molecule has 2 atom stereocenters. The van der Waals surface area contributed by atoms with E-state index in [1.807, 2.05) is 6.92 Å². The molecule has 140 valence electrons. The minimum Gasteiger partial charge on any atom is -0.498 e. The van der Waals surface area contributed by atoms with Crippen molar-refractivity contribution >= 4 is 5.90 Å². The molecule has 4 rings (SSSR count). The number of allylic oxidation sites excluding steroid dienone is 1. The number of fused-ring (bicyclic) bond motifs is 3. The Morgan fingerprint density at radius 3 is 2.44 bits per heavy atom. The van der Waals surface area contributed by atoms with Gasteiger partial charge in [-0.1, -0.05) is 55.1 Å². The molecule has 0 amide bonds. The van der Waals surface area contributed by atoms with Crippen molar-refractivity contribution < 1.29 is 9.47 Å². The van der Waals surface area contributed by atoms with Gasteiger partial charge in [-0.3, -0.25) is 0 Å². The lowest BCUT2D eigenvalue weighted by Crippen LogP contribution is -2.43. The van der Waals surface area contributed by atoms with E-state index in [-0.39, 0.29) is 11.5 Å². The third-order valence-electron chi connectivity index (χ3n) is 5.69. The first-order chi connectivity index (χ1) is 12.9. The van der Waals surface area contributed by atoms with Gasteiger partial charge in [-0.2, -0.15) is 0 Å². The van der Waals surface area contributed by atoms with Crippen molar-refractivity contribution in [1.82, 2.24) is 0 Å². The molecule has 1 aliphatic heterocycles. The fraction of sp³-hybridized carbons (Fsp3) is 0.375. The number of nitrogens with zero attached hydrogens (tertiary/aromatic N) is 1. The smallest absolute Gasteiger partial charge is 0.195 e. The summed E-state index contributed by atoms with van der Waals surface area (Å²) in [4.78, 5) is 4.98. The maximum atomic E-state index is 6.19. The number of hydrogen-bond acceptors (Lipinski definition) is 3. The molecule has 2 aliphatic rings. The van der Waals surface area contributed by atoms with Gasteiger partial charge in [-0.15, -0.1) is 0 Å². The van der Waals surface area contributed by atoms with Crippen LogP contribution in [0.2, 0.25) is 0 Å². The van der Waals surface area contributed by atoms with Gasteiger partial charge in [0.25, 0.3) is 0 Å². The summed E-state index contributed by atoms with van der Waals surface area (Å²) in [5.41, 5.74) is 4.20. The van der Waals surface area contributed by atoms with E-state index in [1.165, 1.54) is 22.3 Å². The number of hydrogen-bond donors (Lipinski definition) is 0. The number of rotatable bonds is 4. The first-order valence-electron chi connectivity index (χ1n) is 9.62. The van der Waals surface area contributed by atoms with Crippen LogP contribution >= 0.6 is 0 Å². The second-order valence-electron chi connectivity index (χ2n) is 8.19. The van der Waals surface area contributed by atoms with Crippen LogP contribution in [0.5, 0.6) is 0 Å². The van der Waals surface area contributed by atoms with E-state index >= 15 is 0 Å². The van der Waals surface area contributed by atoms with Crippen LogP contribution in [0.1, 0.15) is 44.7 Å². The highest BCUT2D eigenvalue weighted by atomic mass is 16.5. The molecule has 3 heteroatoms. The molecular weight excluding hydrogens is 334 g/mol. The summed E-state index contributed by atoms with van der Waals surface area (Å²) in [5, 5.41) is 0. The van der Waals surface area contributed by atoms with E-state index in [0.717, 1.165) is 11.7 Å². The zero-order valence-corrected chi connectivity index (χ0v) is 16.6. The lowest BCUT2D eigenvalue weighted by molar-refractivity contribution is 0.188. The van der Waals surface area contributed by atoms with Gasteiger partial charge in [0.15, 0.2) is 5.90 Å². The number of benzene rings is 2. The lowest BCUT2D eigenvalue weighted by atomic mass is 9.61. The van der Waals surface area contributed by atoms with Gasteiger partial charge in [0.2, 0.25) is 0 Å². The molecule has 0 N–H and O–H groups in total. The predicted octanol–water partition coefficient (Wildman–Crippen LogP) is 5.47. The normalized spacial score (nSPS) is 25.0. The largest absolute Gasteiger partial charge is 0.498 e. The van der Waals surface area contributed by atoms with Crippen LogP contribution in [0.4, 0.5) is 0 Å². The third kappa shape index (κ3) is 2.68. The van der Waals surface area contributed by atoms with E-state index in [2.05, 4.69) is 75.9 Å². The van der Waals surface area contributed by atoms with Gasteiger partial charge in [-0.05, 0) is 49.9 Å². The van der Waals surface area contributed by atoms with Crippen LogP contribution in [-0.2, 0) is 14.9 Å². The van der Waals surface area contributed by atoms with E-state index in [0.29, 0.717) is 13.2 Å². The zero-order valence-electron chi connectivity index (χ0n) is 16.6. The van der Waals surface area contributed by atoms with Crippen molar-refractivity contribution in [2.75, 3.05) is 13.2 Å². The monoisotopic (exact) mass is 361 g/mol. The fourth-order valence-corrected chi connectivity index (χ4v) is 4.48. The Balaban J connectivity index is 2.01. The van der Waals surface area contributed by atoms with Crippen molar-refractivity contribution in [2.24, 2.45) is 4.99 Å². The molecule has 0 saturated heterocycles. The van der Waals surface area contributed by atoms with Crippen LogP contribution in [0.15, 0.2) is 65.9 Å². The van der Waals surface area contributed by atoms with E-state index in [1.54, 1.807) is 0 Å². The highest BCUT2D eigenvalue weighted by molar-refractivity contribution is 5.96. The van der Waals surface area contributed by atoms with Crippen molar-refractivity contribution in [3.63, 3.8) is 0 Å². The van der Waals surface area contributed by atoms with Crippen molar-refractivity contribution in [1.29, 1.82) is 0 Å². The first-order valence-corrected chi connectivity index (χ1v) is 9.62. The molecule has 1 heterocycles. The maximum absolute atomic E-state index is 6.19. The molecule has 0 fully saturated rings. The summed E-state index contributed by atoms with van der Waals surface area (Å²) >= 11 is 0. The Kier molecular flexibility index (Phi) is 4.14. The molecular formula is C24H27NO2. The highest BCUT2D eigenvalue weighted by Gasteiger charge is 2.52. The Morgan fingerprint density at radius 2 is 1.78 bits per heavy atom. The molecule has 0 radical (unpaired) electrons. The van der Waals surface area contributed by atoms with Crippen LogP contribution in [0.3, 0.4) is 0 Å². The topological polar surface area (TPSA) is 30.8 Å².